The second kappa shape index (κ2) is 7.33. The van der Waals surface area contributed by atoms with Crippen LogP contribution >= 0.6 is 0 Å². The van der Waals surface area contributed by atoms with E-state index in [0.29, 0.717) is 17.4 Å². The zero-order valence-electron chi connectivity index (χ0n) is 18.2. The number of nitrogens with zero attached hydrogens (tertiary/aromatic N) is 1. The van der Waals surface area contributed by atoms with Gasteiger partial charge in [0.05, 0.1) is 6.10 Å². The van der Waals surface area contributed by atoms with Crippen molar-refractivity contribution >= 4 is 11.6 Å². The van der Waals surface area contributed by atoms with Crippen molar-refractivity contribution in [1.82, 2.24) is 5.43 Å². The van der Waals surface area contributed by atoms with Crippen molar-refractivity contribution in [1.29, 1.82) is 0 Å². The molecule has 0 spiro atoms. The highest BCUT2D eigenvalue weighted by Crippen LogP contribution is 2.64. The van der Waals surface area contributed by atoms with E-state index in [1.165, 1.54) is 24.1 Å². The number of hydrazone groups is 1. The Morgan fingerprint density at radius 1 is 1.07 bits per heavy atom. The Morgan fingerprint density at radius 3 is 2.60 bits per heavy atom. The lowest BCUT2D eigenvalue weighted by Crippen LogP contribution is -2.50. The molecule has 0 aromatic heterocycles. The quantitative estimate of drug-likeness (QED) is 0.530. The van der Waals surface area contributed by atoms with Crippen LogP contribution < -0.4 is 5.43 Å². The molecular weight excluding hydrogens is 372 g/mol. The van der Waals surface area contributed by atoms with Gasteiger partial charge in [-0.1, -0.05) is 43.7 Å². The molecule has 30 heavy (non-hydrogen) atoms. The van der Waals surface area contributed by atoms with E-state index in [2.05, 4.69) is 30.5 Å². The fraction of sp³-hybridized carbons (Fsp3) is 0.615. The van der Waals surface area contributed by atoms with Crippen molar-refractivity contribution in [2.75, 3.05) is 0 Å². The maximum Gasteiger partial charge on any atom is 0.271 e. The van der Waals surface area contributed by atoms with Gasteiger partial charge in [-0.3, -0.25) is 4.79 Å². The molecule has 6 atom stereocenters. The number of benzene rings is 1. The summed E-state index contributed by atoms with van der Waals surface area (Å²) in [5.41, 5.74) is 6.57. The third-order valence-electron chi connectivity index (χ3n) is 9.15. The van der Waals surface area contributed by atoms with Crippen LogP contribution in [-0.4, -0.2) is 22.8 Å². The fourth-order valence-electron chi connectivity index (χ4n) is 7.39. The van der Waals surface area contributed by atoms with Crippen LogP contribution in [0.15, 0.2) is 47.1 Å². The van der Waals surface area contributed by atoms with Gasteiger partial charge >= 0.3 is 0 Å². The third kappa shape index (κ3) is 3.07. The maximum absolute atomic E-state index is 12.5. The largest absolute Gasteiger partial charge is 0.393 e. The van der Waals surface area contributed by atoms with Crippen LogP contribution in [0.3, 0.4) is 0 Å². The van der Waals surface area contributed by atoms with Gasteiger partial charge in [-0.05, 0) is 86.7 Å². The van der Waals surface area contributed by atoms with E-state index >= 15 is 0 Å². The molecule has 4 aliphatic rings. The van der Waals surface area contributed by atoms with E-state index in [-0.39, 0.29) is 22.8 Å². The molecule has 4 nitrogen and oxygen atoms in total. The molecule has 160 valence electrons. The van der Waals surface area contributed by atoms with E-state index in [0.717, 1.165) is 44.4 Å². The van der Waals surface area contributed by atoms with Gasteiger partial charge in [-0.2, -0.15) is 5.10 Å². The number of hydrogen-bond acceptors (Lipinski definition) is 3. The minimum atomic E-state index is -0.145. The van der Waals surface area contributed by atoms with Crippen molar-refractivity contribution in [3.63, 3.8) is 0 Å². The van der Waals surface area contributed by atoms with Gasteiger partial charge in [-0.25, -0.2) is 5.43 Å². The number of nitrogens with one attached hydrogen (secondary N) is 1. The van der Waals surface area contributed by atoms with Gasteiger partial charge in [0.2, 0.25) is 0 Å². The minimum Gasteiger partial charge on any atom is -0.393 e. The standard InChI is InChI=1S/C26H34N2O2/c1-25-14-12-19(29)16-18(25)8-9-20-21-10-11-23(26(21,2)15-13-22(20)25)27-28-24(30)17-6-4-3-5-7-17/h3-8,19-22,29H,9-16H2,1-2H3,(H,28,30)/t19-,20-,21-,22-,25+,26+/m1/s1. The summed E-state index contributed by atoms with van der Waals surface area (Å²) in [7, 11) is 0. The molecule has 5 rings (SSSR count). The van der Waals surface area contributed by atoms with E-state index in [9.17, 15) is 9.90 Å². The SMILES string of the molecule is C[C@]12CC[C@@H](O)CC1=CC[C@H]1[C@H]2CC[C@]2(C)C(=NNC(=O)c3ccccc3)CC[C@H]12. The highest BCUT2D eigenvalue weighted by molar-refractivity contribution is 5.97. The van der Waals surface area contributed by atoms with Crippen LogP contribution in [-0.2, 0) is 0 Å². The number of hydrogen-bond donors (Lipinski definition) is 2. The Labute approximate surface area is 179 Å². The number of carbonyl (C=O) groups excluding carboxylic acids is 1. The first-order valence-corrected chi connectivity index (χ1v) is 11.7. The Kier molecular flexibility index (Phi) is 4.89. The second-order valence-corrected chi connectivity index (χ2v) is 10.5. The summed E-state index contributed by atoms with van der Waals surface area (Å²) in [5, 5.41) is 14.9. The number of fused-ring (bicyclic) bond motifs is 5. The van der Waals surface area contributed by atoms with Gasteiger partial charge in [0.15, 0.2) is 0 Å². The second-order valence-electron chi connectivity index (χ2n) is 10.5. The summed E-state index contributed by atoms with van der Waals surface area (Å²) in [6.07, 6.45) is 11.0. The molecule has 1 aromatic carbocycles. The zero-order chi connectivity index (χ0) is 20.9. The number of amides is 1. The van der Waals surface area contributed by atoms with Gasteiger partial charge in [-0.15, -0.1) is 0 Å². The Morgan fingerprint density at radius 2 is 1.80 bits per heavy atom. The van der Waals surface area contributed by atoms with Crippen LogP contribution in [0.25, 0.3) is 0 Å². The average molecular weight is 407 g/mol. The molecule has 2 N–H and O–H groups in total. The van der Waals surface area contributed by atoms with E-state index < -0.39 is 0 Å². The topological polar surface area (TPSA) is 61.7 Å². The monoisotopic (exact) mass is 406 g/mol. The molecule has 1 amide bonds. The lowest BCUT2D eigenvalue weighted by molar-refractivity contribution is -0.0209. The molecule has 0 bridgehead atoms. The molecule has 0 aliphatic heterocycles. The molecule has 4 aliphatic carbocycles. The van der Waals surface area contributed by atoms with E-state index in [4.69, 9.17) is 0 Å². The van der Waals surface area contributed by atoms with Crippen LogP contribution in [0.2, 0.25) is 0 Å². The molecular formula is C26H34N2O2. The fourth-order valence-corrected chi connectivity index (χ4v) is 7.39. The highest BCUT2D eigenvalue weighted by Gasteiger charge is 2.57. The van der Waals surface area contributed by atoms with Gasteiger partial charge in [0.25, 0.3) is 5.91 Å². The number of aliphatic hydroxyl groups is 1. The molecule has 0 heterocycles. The van der Waals surface area contributed by atoms with Gasteiger partial charge in [0, 0.05) is 16.7 Å². The van der Waals surface area contributed by atoms with E-state index in [1.54, 1.807) is 0 Å². The normalized spacial score (nSPS) is 41.4. The Bertz CT molecular complexity index is 892. The van der Waals surface area contributed by atoms with Crippen molar-refractivity contribution in [3.05, 3.63) is 47.5 Å². The lowest BCUT2D eigenvalue weighted by Gasteiger charge is -2.57. The van der Waals surface area contributed by atoms with Crippen molar-refractivity contribution in [3.8, 4) is 0 Å². The van der Waals surface area contributed by atoms with Gasteiger partial charge < -0.3 is 5.11 Å². The van der Waals surface area contributed by atoms with Crippen molar-refractivity contribution in [2.24, 2.45) is 33.7 Å². The molecule has 3 saturated carbocycles. The molecule has 0 unspecified atom stereocenters. The summed E-state index contributed by atoms with van der Waals surface area (Å²) in [5.74, 6) is 1.94. The Hall–Kier alpha value is -1.94. The molecule has 1 aromatic rings. The Balaban J connectivity index is 1.36. The predicted molar refractivity (Wildman–Crippen MR) is 119 cm³/mol. The summed E-state index contributed by atoms with van der Waals surface area (Å²) in [6, 6.07) is 9.33. The number of aliphatic hydroxyl groups excluding tert-OH is 1. The lowest BCUT2D eigenvalue weighted by atomic mass is 9.48. The number of rotatable bonds is 2. The summed E-state index contributed by atoms with van der Waals surface area (Å²) >= 11 is 0. The van der Waals surface area contributed by atoms with Crippen LogP contribution in [0.4, 0.5) is 0 Å². The maximum atomic E-state index is 12.5. The summed E-state index contributed by atoms with van der Waals surface area (Å²) < 4.78 is 0. The number of carbonyl (C=O) groups is 1. The summed E-state index contributed by atoms with van der Waals surface area (Å²) in [6.45, 7) is 4.86. The molecule has 4 heteroatoms. The van der Waals surface area contributed by atoms with Crippen LogP contribution in [0.5, 0.6) is 0 Å². The average Bonchev–Trinajstić information content (AvgIpc) is 3.09. The van der Waals surface area contributed by atoms with E-state index in [1.807, 2.05) is 30.3 Å². The van der Waals surface area contributed by atoms with Crippen LogP contribution in [0.1, 0.15) is 75.6 Å². The zero-order valence-corrected chi connectivity index (χ0v) is 18.2. The predicted octanol–water partition coefficient (Wildman–Crippen LogP) is 5.10. The minimum absolute atomic E-state index is 0.0982. The van der Waals surface area contributed by atoms with Gasteiger partial charge in [0.1, 0.15) is 0 Å². The molecule has 0 saturated heterocycles. The first kappa shape index (κ1) is 20.0. The number of allylic oxidation sites excluding steroid dienone is 1. The molecule has 0 radical (unpaired) electrons. The van der Waals surface area contributed by atoms with Crippen LogP contribution in [0, 0.1) is 28.6 Å². The molecule has 3 fully saturated rings. The highest BCUT2D eigenvalue weighted by atomic mass is 16.3. The first-order chi connectivity index (χ1) is 14.4. The summed E-state index contributed by atoms with van der Waals surface area (Å²) in [4.78, 5) is 12.5. The first-order valence-electron chi connectivity index (χ1n) is 11.7. The van der Waals surface area contributed by atoms with Crippen molar-refractivity contribution in [2.45, 2.75) is 71.3 Å². The van der Waals surface area contributed by atoms with Crippen molar-refractivity contribution < 1.29 is 9.90 Å². The smallest absolute Gasteiger partial charge is 0.271 e. The third-order valence-corrected chi connectivity index (χ3v) is 9.15.